The van der Waals surface area contributed by atoms with Crippen LogP contribution in [0.25, 0.3) is 15.9 Å². The fraction of sp³-hybridized carbons (Fsp3) is 0.357. The lowest BCUT2D eigenvalue weighted by Gasteiger charge is -2.20. The van der Waals surface area contributed by atoms with Gasteiger partial charge < -0.3 is 15.2 Å². The second-order valence-electron chi connectivity index (χ2n) is 9.99. The van der Waals surface area contributed by atoms with Crippen molar-refractivity contribution in [3.8, 4) is 5.69 Å². The van der Waals surface area contributed by atoms with Crippen molar-refractivity contribution >= 4 is 50.7 Å². The maximum atomic E-state index is 13.2. The van der Waals surface area contributed by atoms with Crippen molar-refractivity contribution in [2.75, 3.05) is 18.4 Å². The number of hydrogen-bond acceptors (Lipinski definition) is 6. The number of hydrogen-bond donors (Lipinski definition) is 2. The highest BCUT2D eigenvalue weighted by Crippen LogP contribution is 2.30. The van der Waals surface area contributed by atoms with E-state index >= 15 is 0 Å². The van der Waals surface area contributed by atoms with Crippen LogP contribution in [-0.4, -0.2) is 50.4 Å². The number of nitrogens with one attached hydrogen (secondary N) is 2. The van der Waals surface area contributed by atoms with Crippen molar-refractivity contribution in [3.05, 3.63) is 70.7 Å². The highest BCUT2D eigenvalue weighted by Gasteiger charge is 2.34. The van der Waals surface area contributed by atoms with E-state index in [9.17, 15) is 9.59 Å². The molecular weight excluding hydrogens is 520 g/mol. The molecule has 4 heterocycles. The van der Waals surface area contributed by atoms with E-state index in [1.165, 1.54) is 24.2 Å². The van der Waals surface area contributed by atoms with Crippen LogP contribution in [0.3, 0.4) is 0 Å². The Labute approximate surface area is 230 Å². The lowest BCUT2D eigenvalue weighted by molar-refractivity contribution is -0.120. The predicted molar refractivity (Wildman–Crippen MR) is 150 cm³/mol. The molecular formula is C28H29ClN6O2S. The Morgan fingerprint density at radius 1 is 1.05 bits per heavy atom. The molecule has 196 valence electrons. The molecule has 0 unspecified atom stereocenters. The maximum absolute atomic E-state index is 13.2. The van der Waals surface area contributed by atoms with Gasteiger partial charge in [-0.15, -0.1) is 11.3 Å². The van der Waals surface area contributed by atoms with Gasteiger partial charge in [0.1, 0.15) is 15.8 Å². The third-order valence-corrected chi connectivity index (χ3v) is 8.69. The van der Waals surface area contributed by atoms with E-state index in [2.05, 4.69) is 30.1 Å². The topological polar surface area (TPSA) is 92.2 Å². The number of carbonyl (C=O) groups is 2. The summed E-state index contributed by atoms with van der Waals surface area (Å²) in [7, 11) is 0. The van der Waals surface area contributed by atoms with Gasteiger partial charge in [-0.3, -0.25) is 14.5 Å². The molecule has 2 aliphatic rings. The van der Waals surface area contributed by atoms with Crippen molar-refractivity contribution < 1.29 is 9.59 Å². The molecule has 2 atom stereocenters. The number of imidazole rings is 1. The number of thiophene rings is 1. The fourth-order valence-corrected chi connectivity index (χ4v) is 6.59. The summed E-state index contributed by atoms with van der Waals surface area (Å²) in [4.78, 5) is 38.7. The number of carbonyl (C=O) groups excluding carboxylic acids is 2. The first-order chi connectivity index (χ1) is 18.5. The van der Waals surface area contributed by atoms with E-state index in [-0.39, 0.29) is 23.8 Å². The van der Waals surface area contributed by atoms with Gasteiger partial charge in [-0.2, -0.15) is 0 Å². The minimum Gasteiger partial charge on any atom is -0.348 e. The third kappa shape index (κ3) is 5.32. The van der Waals surface area contributed by atoms with Crippen LogP contribution in [0.15, 0.2) is 54.9 Å². The molecule has 0 bridgehead atoms. The van der Waals surface area contributed by atoms with Crippen molar-refractivity contribution in [2.24, 2.45) is 5.92 Å². The quantitative estimate of drug-likeness (QED) is 0.307. The molecule has 1 aromatic carbocycles. The van der Waals surface area contributed by atoms with Crippen LogP contribution >= 0.6 is 22.9 Å². The number of amides is 2. The monoisotopic (exact) mass is 548 g/mol. The van der Waals surface area contributed by atoms with Gasteiger partial charge in [0.2, 0.25) is 5.91 Å². The zero-order valence-corrected chi connectivity index (χ0v) is 22.5. The normalized spacial score (nSPS) is 19.7. The minimum atomic E-state index is -0.277. The molecule has 1 saturated heterocycles. The summed E-state index contributed by atoms with van der Waals surface area (Å²) in [6.07, 6.45) is 8.72. The maximum Gasteiger partial charge on any atom is 0.261 e. The van der Waals surface area contributed by atoms with Crippen LogP contribution in [-0.2, 0) is 11.3 Å². The second-order valence-corrected chi connectivity index (χ2v) is 11.4. The van der Waals surface area contributed by atoms with Gasteiger partial charge in [-0.05, 0) is 81.2 Å². The first kappa shape index (κ1) is 25.0. The van der Waals surface area contributed by atoms with Crippen molar-refractivity contribution in [3.63, 3.8) is 0 Å². The van der Waals surface area contributed by atoms with Gasteiger partial charge in [0.25, 0.3) is 5.91 Å². The number of likely N-dealkylation sites (tertiary alicyclic amines) is 1. The van der Waals surface area contributed by atoms with Crippen molar-refractivity contribution in [2.45, 2.75) is 44.7 Å². The van der Waals surface area contributed by atoms with E-state index in [0.29, 0.717) is 10.0 Å². The molecule has 1 aliphatic heterocycles. The number of benzene rings is 1. The van der Waals surface area contributed by atoms with Gasteiger partial charge in [0.15, 0.2) is 0 Å². The van der Waals surface area contributed by atoms with Crippen LogP contribution in [0, 0.1) is 5.92 Å². The molecule has 8 nitrogen and oxygen atoms in total. The lowest BCUT2D eigenvalue weighted by Crippen LogP contribution is -2.41. The highest BCUT2D eigenvalue weighted by atomic mass is 35.5. The number of rotatable bonds is 7. The largest absolute Gasteiger partial charge is 0.348 e. The number of fused-ring (bicyclic) bond motifs is 1. The molecule has 10 heteroatoms. The molecule has 3 aromatic heterocycles. The number of anilines is 1. The Hall–Kier alpha value is -3.27. The van der Waals surface area contributed by atoms with E-state index in [1.807, 2.05) is 48.8 Å². The number of nitrogens with zero attached hydrogens (tertiary/aromatic N) is 4. The van der Waals surface area contributed by atoms with Gasteiger partial charge in [-0.1, -0.05) is 18.0 Å². The molecule has 2 N–H and O–H groups in total. The molecule has 4 aromatic rings. The molecule has 1 saturated carbocycles. The van der Waals surface area contributed by atoms with E-state index in [1.54, 1.807) is 6.07 Å². The zero-order chi connectivity index (χ0) is 26.1. The SMILES string of the molecule is O=C(N[C@@H]1CCC[C@@H]1C(=O)Nc1ccc(-n2ccnc2CN2CCCC2)cc1)c1cc2ccc(Cl)nc2s1. The first-order valence-electron chi connectivity index (χ1n) is 13.1. The van der Waals surface area contributed by atoms with Crippen LogP contribution in [0.2, 0.25) is 5.15 Å². The Kier molecular flexibility index (Phi) is 7.14. The summed E-state index contributed by atoms with van der Waals surface area (Å²) < 4.78 is 2.10. The van der Waals surface area contributed by atoms with E-state index < -0.39 is 0 Å². The Bertz CT molecular complexity index is 1460. The highest BCUT2D eigenvalue weighted by molar-refractivity contribution is 7.20. The van der Waals surface area contributed by atoms with Crippen LogP contribution < -0.4 is 10.6 Å². The van der Waals surface area contributed by atoms with Gasteiger partial charge in [0.05, 0.1) is 17.3 Å². The second kappa shape index (κ2) is 10.8. The summed E-state index contributed by atoms with van der Waals surface area (Å²) >= 11 is 7.29. The lowest BCUT2D eigenvalue weighted by atomic mass is 10.0. The van der Waals surface area contributed by atoms with E-state index in [4.69, 9.17) is 11.6 Å². The summed E-state index contributed by atoms with van der Waals surface area (Å²) in [6.45, 7) is 3.08. The summed E-state index contributed by atoms with van der Waals surface area (Å²) in [6, 6.07) is 13.0. The molecule has 1 aliphatic carbocycles. The minimum absolute atomic E-state index is 0.0670. The van der Waals surface area contributed by atoms with Crippen molar-refractivity contribution in [1.29, 1.82) is 0 Å². The third-order valence-electron chi connectivity index (χ3n) is 7.44. The molecule has 2 amide bonds. The summed E-state index contributed by atoms with van der Waals surface area (Å²) in [5.74, 6) is 0.498. The standard InChI is InChI=1S/C28H29ClN6O2S/c29-24-11-6-18-16-23(38-28(18)33-24)27(37)32-22-5-3-4-21(22)26(36)31-19-7-9-20(10-8-19)35-15-12-30-25(35)17-34-13-1-2-14-34/h6-12,15-16,21-22H,1-5,13-14,17H2,(H,31,36)(H,32,37)/t21-,22+/m0/s1. The van der Waals surface area contributed by atoms with Crippen LogP contribution in [0.4, 0.5) is 5.69 Å². The summed E-state index contributed by atoms with van der Waals surface area (Å²) in [5.41, 5.74) is 1.75. The molecule has 0 radical (unpaired) electrons. The number of aromatic nitrogens is 3. The Balaban J connectivity index is 1.09. The van der Waals surface area contributed by atoms with Gasteiger partial charge in [0, 0.05) is 35.2 Å². The average molecular weight is 549 g/mol. The summed E-state index contributed by atoms with van der Waals surface area (Å²) in [5, 5.41) is 7.43. The average Bonchev–Trinajstić information content (AvgIpc) is 3.72. The molecule has 0 spiro atoms. The first-order valence-corrected chi connectivity index (χ1v) is 14.3. The van der Waals surface area contributed by atoms with E-state index in [0.717, 1.165) is 66.3 Å². The zero-order valence-electron chi connectivity index (χ0n) is 20.9. The smallest absolute Gasteiger partial charge is 0.261 e. The van der Waals surface area contributed by atoms with Gasteiger partial charge in [-0.25, -0.2) is 9.97 Å². The van der Waals surface area contributed by atoms with Gasteiger partial charge >= 0.3 is 0 Å². The number of halogens is 1. The fourth-order valence-electron chi connectivity index (χ4n) is 5.46. The Morgan fingerprint density at radius 3 is 2.68 bits per heavy atom. The Morgan fingerprint density at radius 2 is 1.87 bits per heavy atom. The van der Waals surface area contributed by atoms with Crippen molar-refractivity contribution in [1.82, 2.24) is 24.8 Å². The molecule has 2 fully saturated rings. The number of pyridine rings is 1. The molecule has 6 rings (SSSR count). The predicted octanol–water partition coefficient (Wildman–Crippen LogP) is 5.27. The molecule has 38 heavy (non-hydrogen) atoms. The van der Waals surface area contributed by atoms with Crippen LogP contribution in [0.1, 0.15) is 47.6 Å². The van der Waals surface area contributed by atoms with Crippen LogP contribution in [0.5, 0.6) is 0 Å².